The molecule has 1 aliphatic heterocycles. The summed E-state index contributed by atoms with van der Waals surface area (Å²) in [5.74, 6) is 0. The molecule has 0 amide bonds. The van der Waals surface area contributed by atoms with E-state index >= 15 is 0 Å². The third-order valence-electron chi connectivity index (χ3n) is 2.07. The summed E-state index contributed by atoms with van der Waals surface area (Å²) in [6, 6.07) is 0. The van der Waals surface area contributed by atoms with Gasteiger partial charge in [0.2, 0.25) is 0 Å². The van der Waals surface area contributed by atoms with Gasteiger partial charge in [0.25, 0.3) is 0 Å². The molecule has 0 aliphatic carbocycles. The van der Waals surface area contributed by atoms with Gasteiger partial charge in [0.15, 0.2) is 0 Å². The second kappa shape index (κ2) is 3.01. The van der Waals surface area contributed by atoms with Crippen LogP contribution in [0.15, 0.2) is 0 Å². The Labute approximate surface area is 66.0 Å². The second-order valence-corrected chi connectivity index (χ2v) is 3.91. The third kappa shape index (κ3) is 2.06. The van der Waals surface area contributed by atoms with Crippen LogP contribution in [-0.4, -0.2) is 59.9 Å². The topological polar surface area (TPSA) is 15.3 Å². The molecule has 1 rings (SSSR count). The van der Waals surface area contributed by atoms with Crippen LogP contribution in [-0.2, 0) is 0 Å². The van der Waals surface area contributed by atoms with E-state index in [1.165, 1.54) is 13.1 Å². The van der Waals surface area contributed by atoms with E-state index in [0.717, 1.165) is 13.1 Å². The minimum Gasteiger partial charge on any atom is -0.318 e. The van der Waals surface area contributed by atoms with Gasteiger partial charge in [-0.05, 0) is 0 Å². The third-order valence-corrected chi connectivity index (χ3v) is 2.07. The minimum absolute atomic E-state index is 0.363. The van der Waals surface area contributed by atoms with E-state index < -0.39 is 0 Å². The highest BCUT2D eigenvalue weighted by atomic mass is 15.2. The van der Waals surface area contributed by atoms with E-state index in [1.807, 2.05) is 0 Å². The van der Waals surface area contributed by atoms with E-state index in [4.69, 9.17) is 0 Å². The number of hydrogen-bond acceptors (Lipinski definition) is 2. The number of nitrogens with one attached hydrogen (secondary N) is 1. The number of rotatable bonds is 1. The molecule has 1 N–H and O–H groups in total. The Balaban J connectivity index is 2.39. The van der Waals surface area contributed by atoms with Gasteiger partial charge in [-0.2, -0.15) is 0 Å². The quantitative estimate of drug-likeness (QED) is 0.374. The van der Waals surface area contributed by atoms with Crippen molar-refractivity contribution in [2.75, 3.05) is 26.2 Å². The molecule has 0 bridgehead atoms. The molecular formula is C5H15B3N2. The molecule has 2 nitrogen and oxygen atoms in total. The fourth-order valence-electron chi connectivity index (χ4n) is 1.34. The summed E-state index contributed by atoms with van der Waals surface area (Å²) in [4.78, 5) is 2.52. The molecule has 0 radical (unpaired) electrons. The predicted molar refractivity (Wildman–Crippen MR) is 52.8 cm³/mol. The number of hydrogen-bond donors (Lipinski definition) is 1. The normalized spacial score (nSPS) is 22.8. The van der Waals surface area contributed by atoms with Crippen molar-refractivity contribution in [3.8, 4) is 0 Å². The molecular weight excluding hydrogens is 121 g/mol. The maximum Gasteiger partial charge on any atom is 0.107 e. The standard InChI is InChI=1S/C5H15B3N2/c6-5(7,8)10-3-1-9-2-4-10/h9H,1-4,6-8H2. The molecule has 0 unspecified atom stereocenters. The van der Waals surface area contributed by atoms with Crippen LogP contribution in [0.1, 0.15) is 0 Å². The highest BCUT2D eigenvalue weighted by Gasteiger charge is 2.21. The summed E-state index contributed by atoms with van der Waals surface area (Å²) in [7, 11) is 6.83. The van der Waals surface area contributed by atoms with Crippen molar-refractivity contribution in [3.63, 3.8) is 0 Å². The first-order chi connectivity index (χ1) is 4.61. The molecule has 0 aromatic carbocycles. The molecule has 10 heavy (non-hydrogen) atoms. The monoisotopic (exact) mass is 136 g/mol. The second-order valence-electron chi connectivity index (χ2n) is 3.91. The molecule has 1 fully saturated rings. The molecule has 54 valence electrons. The lowest BCUT2D eigenvalue weighted by atomic mass is 9.48. The highest BCUT2D eigenvalue weighted by molar-refractivity contribution is 6.59. The number of nitrogens with zero attached hydrogens (tertiary/aromatic N) is 1. The van der Waals surface area contributed by atoms with Gasteiger partial charge in [-0.25, -0.2) is 0 Å². The molecule has 1 saturated heterocycles. The van der Waals surface area contributed by atoms with Crippen LogP contribution in [0.2, 0.25) is 0 Å². The summed E-state index contributed by atoms with van der Waals surface area (Å²) < 4.78 is 0. The Morgan fingerprint density at radius 3 is 1.90 bits per heavy atom. The summed E-state index contributed by atoms with van der Waals surface area (Å²) in [5, 5.41) is 3.71. The summed E-state index contributed by atoms with van der Waals surface area (Å²) in [6.07, 6.45) is 0. The first-order valence-electron chi connectivity index (χ1n) is 4.06. The highest BCUT2D eigenvalue weighted by Crippen LogP contribution is 2.02. The lowest BCUT2D eigenvalue weighted by molar-refractivity contribution is 0.240. The Morgan fingerprint density at radius 2 is 1.60 bits per heavy atom. The molecule has 1 aliphatic rings. The molecule has 0 saturated carbocycles. The van der Waals surface area contributed by atoms with E-state index in [-0.39, 0.29) is 0 Å². The summed E-state index contributed by atoms with van der Waals surface area (Å²) in [5.41, 5.74) is 0. The largest absolute Gasteiger partial charge is 0.318 e. The van der Waals surface area contributed by atoms with Gasteiger partial charge >= 0.3 is 0 Å². The first kappa shape index (κ1) is 8.21. The van der Waals surface area contributed by atoms with Gasteiger partial charge in [-0.1, -0.05) is 5.24 Å². The van der Waals surface area contributed by atoms with Crippen LogP contribution in [0, 0.1) is 0 Å². The smallest absolute Gasteiger partial charge is 0.107 e. The van der Waals surface area contributed by atoms with Crippen LogP contribution < -0.4 is 5.32 Å². The average molecular weight is 136 g/mol. The van der Waals surface area contributed by atoms with Gasteiger partial charge < -0.3 is 10.2 Å². The van der Waals surface area contributed by atoms with E-state index in [2.05, 4.69) is 33.8 Å². The maximum absolute atomic E-state index is 3.35. The number of piperazine rings is 1. The van der Waals surface area contributed by atoms with Gasteiger partial charge in [0, 0.05) is 26.2 Å². The van der Waals surface area contributed by atoms with Crippen molar-refractivity contribution in [1.82, 2.24) is 10.2 Å². The van der Waals surface area contributed by atoms with Crippen LogP contribution in [0.25, 0.3) is 0 Å². The van der Waals surface area contributed by atoms with Crippen molar-refractivity contribution in [3.05, 3.63) is 0 Å². The Kier molecular flexibility index (Phi) is 2.47. The summed E-state index contributed by atoms with van der Waals surface area (Å²) >= 11 is 0. The van der Waals surface area contributed by atoms with Crippen LogP contribution in [0.5, 0.6) is 0 Å². The van der Waals surface area contributed by atoms with Crippen molar-refractivity contribution < 1.29 is 0 Å². The van der Waals surface area contributed by atoms with Crippen molar-refractivity contribution in [2.24, 2.45) is 0 Å². The van der Waals surface area contributed by atoms with Crippen LogP contribution >= 0.6 is 0 Å². The fraction of sp³-hybridized carbons (Fsp3) is 1.00. The maximum atomic E-state index is 3.35. The average Bonchev–Trinajstić information content (AvgIpc) is 1.88. The van der Waals surface area contributed by atoms with E-state index in [1.54, 1.807) is 0 Å². The van der Waals surface area contributed by atoms with Gasteiger partial charge in [0.05, 0.1) is 0 Å². The van der Waals surface area contributed by atoms with Crippen LogP contribution in [0.4, 0.5) is 0 Å². The van der Waals surface area contributed by atoms with Gasteiger partial charge in [0.1, 0.15) is 23.5 Å². The minimum atomic E-state index is 0.363. The van der Waals surface area contributed by atoms with Crippen molar-refractivity contribution in [2.45, 2.75) is 5.24 Å². The molecule has 0 aromatic heterocycles. The zero-order valence-electron chi connectivity index (χ0n) is 7.28. The molecule has 5 heteroatoms. The first-order valence-corrected chi connectivity index (χ1v) is 4.06. The Bertz CT molecular complexity index is 106. The zero-order valence-corrected chi connectivity index (χ0v) is 7.28. The Morgan fingerprint density at radius 1 is 1.10 bits per heavy atom. The van der Waals surface area contributed by atoms with E-state index in [0.29, 0.717) is 5.24 Å². The van der Waals surface area contributed by atoms with Crippen molar-refractivity contribution >= 4 is 23.5 Å². The van der Waals surface area contributed by atoms with E-state index in [9.17, 15) is 0 Å². The molecule has 1 heterocycles. The SMILES string of the molecule is BC(B)(B)N1CCNCC1. The van der Waals surface area contributed by atoms with Gasteiger partial charge in [-0.3, -0.25) is 0 Å². The fourth-order valence-corrected chi connectivity index (χ4v) is 1.34. The lowest BCUT2D eigenvalue weighted by Crippen LogP contribution is -2.57. The lowest BCUT2D eigenvalue weighted by Gasteiger charge is -2.39. The molecule has 0 spiro atoms. The molecule has 0 aromatic rings. The zero-order chi connectivity index (χ0) is 7.61. The Hall–Kier alpha value is 0.115. The summed E-state index contributed by atoms with van der Waals surface area (Å²) in [6.45, 7) is 4.70. The van der Waals surface area contributed by atoms with Crippen molar-refractivity contribution in [1.29, 1.82) is 0 Å². The predicted octanol–water partition coefficient (Wildman–Crippen LogP) is -3.60. The van der Waals surface area contributed by atoms with Gasteiger partial charge in [-0.15, -0.1) is 0 Å². The van der Waals surface area contributed by atoms with Crippen LogP contribution in [0.3, 0.4) is 0 Å². The molecule has 0 atom stereocenters.